The molecule has 0 heterocycles. The first-order valence-corrected chi connectivity index (χ1v) is 8.20. The smallest absolute Gasteiger partial charge is 0.308 e. The Bertz CT molecular complexity index is 492. The summed E-state index contributed by atoms with van der Waals surface area (Å²) < 4.78 is 11.4. The van der Waals surface area contributed by atoms with E-state index in [4.69, 9.17) is 9.47 Å². The van der Waals surface area contributed by atoms with Gasteiger partial charge in [-0.2, -0.15) is 0 Å². The van der Waals surface area contributed by atoms with Gasteiger partial charge in [0.2, 0.25) is 0 Å². The highest BCUT2D eigenvalue weighted by molar-refractivity contribution is 9.10. The van der Waals surface area contributed by atoms with Crippen LogP contribution in [0.4, 0.5) is 5.69 Å². The van der Waals surface area contributed by atoms with Crippen molar-refractivity contribution >= 4 is 27.6 Å². The molecule has 0 amide bonds. The van der Waals surface area contributed by atoms with Gasteiger partial charge in [-0.3, -0.25) is 4.79 Å². The number of hydrogen-bond acceptors (Lipinski definition) is 4. The van der Waals surface area contributed by atoms with Crippen LogP contribution in [0.1, 0.15) is 32.6 Å². The van der Waals surface area contributed by atoms with Gasteiger partial charge in [0, 0.05) is 17.8 Å². The van der Waals surface area contributed by atoms with E-state index in [2.05, 4.69) is 21.2 Å². The molecule has 0 saturated heterocycles. The van der Waals surface area contributed by atoms with Crippen LogP contribution in [0.3, 0.4) is 0 Å². The van der Waals surface area contributed by atoms with E-state index in [-0.39, 0.29) is 11.9 Å². The van der Waals surface area contributed by atoms with Crippen LogP contribution in [0.25, 0.3) is 0 Å². The molecule has 1 fully saturated rings. The van der Waals surface area contributed by atoms with Crippen LogP contribution in [0.15, 0.2) is 22.7 Å². The van der Waals surface area contributed by atoms with Crippen molar-refractivity contribution < 1.29 is 14.3 Å². The van der Waals surface area contributed by atoms with Gasteiger partial charge in [0.05, 0.1) is 24.1 Å². The number of ether oxygens (including phenoxy) is 2. The first kappa shape index (κ1) is 16.1. The van der Waals surface area contributed by atoms with E-state index in [1.54, 1.807) is 7.11 Å². The van der Waals surface area contributed by atoms with Crippen molar-refractivity contribution in [1.29, 1.82) is 0 Å². The van der Waals surface area contributed by atoms with Crippen molar-refractivity contribution in [3.05, 3.63) is 22.7 Å². The molecule has 5 heteroatoms. The molecule has 21 heavy (non-hydrogen) atoms. The van der Waals surface area contributed by atoms with E-state index < -0.39 is 0 Å². The van der Waals surface area contributed by atoms with Crippen LogP contribution in [0, 0.1) is 5.92 Å². The second-order valence-corrected chi connectivity index (χ2v) is 6.16. The van der Waals surface area contributed by atoms with Gasteiger partial charge in [-0.05, 0) is 54.2 Å². The van der Waals surface area contributed by atoms with Gasteiger partial charge in [-0.15, -0.1) is 0 Å². The zero-order valence-electron chi connectivity index (χ0n) is 12.5. The molecule has 0 spiro atoms. The summed E-state index contributed by atoms with van der Waals surface area (Å²) in [7, 11) is 1.65. The van der Waals surface area contributed by atoms with Crippen LogP contribution in [-0.2, 0) is 9.53 Å². The first-order valence-electron chi connectivity index (χ1n) is 7.40. The number of carbonyl (C=O) groups is 1. The largest absolute Gasteiger partial charge is 0.495 e. The lowest BCUT2D eigenvalue weighted by Crippen LogP contribution is -2.32. The third-order valence-corrected chi connectivity index (χ3v) is 4.47. The molecule has 1 aromatic rings. The Morgan fingerprint density at radius 2 is 2.24 bits per heavy atom. The molecular weight excluding hydrogens is 334 g/mol. The highest BCUT2D eigenvalue weighted by atomic mass is 79.9. The van der Waals surface area contributed by atoms with Crippen LogP contribution >= 0.6 is 15.9 Å². The zero-order valence-corrected chi connectivity index (χ0v) is 14.1. The molecule has 0 bridgehead atoms. The number of benzene rings is 1. The van der Waals surface area contributed by atoms with Gasteiger partial charge in [0.1, 0.15) is 5.75 Å². The number of methoxy groups -OCH3 is 1. The quantitative estimate of drug-likeness (QED) is 0.811. The lowest BCUT2D eigenvalue weighted by molar-refractivity contribution is -0.149. The number of hydrogen-bond donors (Lipinski definition) is 1. The van der Waals surface area contributed by atoms with E-state index in [1.807, 2.05) is 25.1 Å². The van der Waals surface area contributed by atoms with Crippen LogP contribution in [-0.4, -0.2) is 25.7 Å². The molecule has 1 aromatic carbocycles. The van der Waals surface area contributed by atoms with Crippen molar-refractivity contribution in [3.8, 4) is 5.75 Å². The maximum Gasteiger partial charge on any atom is 0.308 e. The molecule has 1 aliphatic rings. The van der Waals surface area contributed by atoms with Gasteiger partial charge in [-0.25, -0.2) is 0 Å². The normalized spacial score (nSPS) is 21.7. The Hall–Kier alpha value is -1.23. The maximum atomic E-state index is 11.9. The van der Waals surface area contributed by atoms with Crippen molar-refractivity contribution in [1.82, 2.24) is 0 Å². The Labute approximate surface area is 134 Å². The third kappa shape index (κ3) is 4.37. The average molecular weight is 356 g/mol. The van der Waals surface area contributed by atoms with Gasteiger partial charge < -0.3 is 14.8 Å². The lowest BCUT2D eigenvalue weighted by Gasteiger charge is -2.29. The van der Waals surface area contributed by atoms with Crippen molar-refractivity contribution in [2.45, 2.75) is 38.6 Å². The Morgan fingerprint density at radius 3 is 2.95 bits per heavy atom. The number of nitrogens with one attached hydrogen (secondary N) is 1. The van der Waals surface area contributed by atoms with Gasteiger partial charge >= 0.3 is 5.97 Å². The molecule has 0 aliphatic heterocycles. The minimum absolute atomic E-state index is 0.0218. The minimum Gasteiger partial charge on any atom is -0.495 e. The molecule has 116 valence electrons. The SMILES string of the molecule is CCOC(=O)C1CCCC(Nc2ccc(Br)c(OC)c2)C1. The third-order valence-electron chi connectivity index (χ3n) is 3.82. The molecule has 2 rings (SSSR count). The summed E-state index contributed by atoms with van der Waals surface area (Å²) >= 11 is 3.45. The molecule has 1 aliphatic carbocycles. The number of halogens is 1. The van der Waals surface area contributed by atoms with Crippen molar-refractivity contribution in [2.75, 3.05) is 19.0 Å². The molecule has 0 radical (unpaired) electrons. The number of rotatable bonds is 5. The lowest BCUT2D eigenvalue weighted by atomic mass is 9.85. The average Bonchev–Trinajstić information content (AvgIpc) is 2.50. The highest BCUT2D eigenvalue weighted by Crippen LogP contribution is 2.31. The number of esters is 1. The Balaban J connectivity index is 1.97. The molecule has 1 saturated carbocycles. The second-order valence-electron chi connectivity index (χ2n) is 5.31. The summed E-state index contributed by atoms with van der Waals surface area (Å²) in [6.07, 6.45) is 3.89. The predicted molar refractivity (Wildman–Crippen MR) is 86.7 cm³/mol. The molecule has 2 atom stereocenters. The second kappa shape index (κ2) is 7.69. The van der Waals surface area contributed by atoms with Crippen LogP contribution < -0.4 is 10.1 Å². The topological polar surface area (TPSA) is 47.6 Å². The molecule has 1 N–H and O–H groups in total. The van der Waals surface area contributed by atoms with Crippen LogP contribution in [0.2, 0.25) is 0 Å². The fourth-order valence-corrected chi connectivity index (χ4v) is 3.19. The van der Waals surface area contributed by atoms with Gasteiger partial charge in [0.25, 0.3) is 0 Å². The van der Waals surface area contributed by atoms with Gasteiger partial charge in [0.15, 0.2) is 0 Å². The summed E-state index contributed by atoms with van der Waals surface area (Å²) in [5.41, 5.74) is 1.02. The Kier molecular flexibility index (Phi) is 5.91. The molecule has 0 aromatic heterocycles. The fraction of sp³-hybridized carbons (Fsp3) is 0.562. The first-order chi connectivity index (χ1) is 10.1. The maximum absolute atomic E-state index is 11.9. The number of carbonyl (C=O) groups excluding carboxylic acids is 1. The highest BCUT2D eigenvalue weighted by Gasteiger charge is 2.28. The summed E-state index contributed by atoms with van der Waals surface area (Å²) in [5.74, 6) is 0.767. The summed E-state index contributed by atoms with van der Waals surface area (Å²) in [4.78, 5) is 11.9. The zero-order chi connectivity index (χ0) is 15.2. The fourth-order valence-electron chi connectivity index (χ4n) is 2.78. The van der Waals surface area contributed by atoms with E-state index in [1.165, 1.54) is 0 Å². The van der Waals surface area contributed by atoms with Crippen molar-refractivity contribution in [3.63, 3.8) is 0 Å². The summed E-state index contributed by atoms with van der Waals surface area (Å²) in [6, 6.07) is 6.25. The van der Waals surface area contributed by atoms with Crippen LogP contribution in [0.5, 0.6) is 5.75 Å². The standard InChI is InChI=1S/C16H22BrNO3/c1-3-21-16(19)11-5-4-6-12(9-11)18-13-7-8-14(17)15(10-13)20-2/h7-8,10-12,18H,3-6,9H2,1-2H3. The van der Waals surface area contributed by atoms with Gasteiger partial charge in [-0.1, -0.05) is 6.42 Å². The summed E-state index contributed by atoms with van der Waals surface area (Å²) in [5, 5.41) is 3.50. The number of anilines is 1. The van der Waals surface area contributed by atoms with E-state index >= 15 is 0 Å². The predicted octanol–water partition coefficient (Wildman–Crippen LogP) is 3.99. The van der Waals surface area contributed by atoms with E-state index in [9.17, 15) is 4.79 Å². The van der Waals surface area contributed by atoms with E-state index in [0.29, 0.717) is 12.6 Å². The Morgan fingerprint density at radius 1 is 1.43 bits per heavy atom. The van der Waals surface area contributed by atoms with E-state index in [0.717, 1.165) is 41.6 Å². The molecular formula is C16H22BrNO3. The minimum atomic E-state index is -0.0580. The molecule has 2 unspecified atom stereocenters. The molecule has 4 nitrogen and oxygen atoms in total. The monoisotopic (exact) mass is 355 g/mol. The van der Waals surface area contributed by atoms with Crippen molar-refractivity contribution in [2.24, 2.45) is 5.92 Å². The summed E-state index contributed by atoms with van der Waals surface area (Å²) in [6.45, 7) is 2.31.